The molecule has 1 heterocycles. The van der Waals surface area contributed by atoms with Gasteiger partial charge in [0.25, 0.3) is 0 Å². The largest absolute Gasteiger partial charge is 0.393 e. The van der Waals surface area contributed by atoms with E-state index in [0.29, 0.717) is 18.0 Å². The summed E-state index contributed by atoms with van der Waals surface area (Å²) in [5, 5.41) is 15.8. The van der Waals surface area contributed by atoms with Crippen molar-refractivity contribution >= 4 is 29.0 Å². The van der Waals surface area contributed by atoms with Crippen molar-refractivity contribution in [3.8, 4) is 0 Å². The summed E-state index contributed by atoms with van der Waals surface area (Å²) in [7, 11) is 0. The van der Waals surface area contributed by atoms with Crippen LogP contribution in [0.15, 0.2) is 18.2 Å². The minimum Gasteiger partial charge on any atom is -0.393 e. The summed E-state index contributed by atoms with van der Waals surface area (Å²) in [5.74, 6) is 0.219. The Morgan fingerprint density at radius 3 is 2.67 bits per heavy atom. The van der Waals surface area contributed by atoms with Crippen molar-refractivity contribution in [1.82, 2.24) is 5.32 Å². The van der Waals surface area contributed by atoms with Gasteiger partial charge < -0.3 is 20.6 Å². The highest BCUT2D eigenvalue weighted by Gasteiger charge is 2.16. The van der Waals surface area contributed by atoms with Crippen LogP contribution in [0.5, 0.6) is 0 Å². The first-order valence-corrected chi connectivity index (χ1v) is 9.11. The molecule has 134 valence electrons. The van der Waals surface area contributed by atoms with E-state index >= 15 is 0 Å². The van der Waals surface area contributed by atoms with Crippen molar-refractivity contribution in [2.24, 2.45) is 5.92 Å². The summed E-state index contributed by atoms with van der Waals surface area (Å²) in [5.41, 5.74) is 1.76. The predicted molar refractivity (Wildman–Crippen MR) is 100.0 cm³/mol. The maximum absolute atomic E-state index is 12.2. The minimum atomic E-state index is -0.358. The average molecular weight is 354 g/mol. The van der Waals surface area contributed by atoms with Crippen LogP contribution in [-0.2, 0) is 0 Å². The molecule has 1 aliphatic rings. The monoisotopic (exact) mass is 353 g/mol. The molecule has 1 aliphatic heterocycles. The van der Waals surface area contributed by atoms with E-state index in [1.54, 1.807) is 13.0 Å². The van der Waals surface area contributed by atoms with Gasteiger partial charge in [-0.1, -0.05) is 18.5 Å². The number of nitrogens with zero attached hydrogens (tertiary/aromatic N) is 1. The third-order valence-corrected chi connectivity index (χ3v) is 4.49. The molecule has 2 amide bonds. The Labute approximate surface area is 149 Å². The molecule has 2 unspecified atom stereocenters. The summed E-state index contributed by atoms with van der Waals surface area (Å²) in [6, 6.07) is 5.39. The second-order valence-electron chi connectivity index (χ2n) is 6.73. The summed E-state index contributed by atoms with van der Waals surface area (Å²) >= 11 is 6.11. The quantitative estimate of drug-likeness (QED) is 0.727. The molecule has 1 aromatic carbocycles. The van der Waals surface area contributed by atoms with E-state index in [2.05, 4.69) is 15.5 Å². The van der Waals surface area contributed by atoms with Gasteiger partial charge in [0.15, 0.2) is 0 Å². The number of hydrogen-bond acceptors (Lipinski definition) is 3. The number of aliphatic hydroxyl groups excluding tert-OH is 1. The van der Waals surface area contributed by atoms with Gasteiger partial charge in [-0.3, -0.25) is 0 Å². The van der Waals surface area contributed by atoms with E-state index in [-0.39, 0.29) is 18.1 Å². The molecule has 1 aromatic rings. The smallest absolute Gasteiger partial charge is 0.319 e. The van der Waals surface area contributed by atoms with Crippen LogP contribution in [0.4, 0.5) is 16.2 Å². The molecule has 0 aromatic heterocycles. The molecule has 0 saturated carbocycles. The summed E-state index contributed by atoms with van der Waals surface area (Å²) in [6.45, 7) is 6.29. The van der Waals surface area contributed by atoms with Crippen LogP contribution in [0.3, 0.4) is 0 Å². The Kier molecular flexibility index (Phi) is 7.18. The van der Waals surface area contributed by atoms with Gasteiger partial charge in [-0.25, -0.2) is 4.79 Å². The molecule has 2 rings (SSSR count). The number of amides is 2. The molecular weight excluding hydrogens is 326 g/mol. The van der Waals surface area contributed by atoms with Crippen LogP contribution in [0, 0.1) is 5.92 Å². The Morgan fingerprint density at radius 2 is 2.00 bits per heavy atom. The molecule has 0 radical (unpaired) electrons. The number of benzene rings is 1. The summed E-state index contributed by atoms with van der Waals surface area (Å²) < 4.78 is 0. The Hall–Kier alpha value is -1.46. The van der Waals surface area contributed by atoms with Crippen molar-refractivity contribution in [2.75, 3.05) is 29.9 Å². The molecule has 5 nitrogen and oxygen atoms in total. The van der Waals surface area contributed by atoms with E-state index < -0.39 is 0 Å². The van der Waals surface area contributed by atoms with Gasteiger partial charge in [0.2, 0.25) is 0 Å². The maximum atomic E-state index is 12.2. The van der Waals surface area contributed by atoms with Crippen LogP contribution >= 0.6 is 11.6 Å². The SMILES string of the molecule is CC(O)CC(C)CNC(=O)Nc1cc(Cl)ccc1N1CCCCC1. The first-order chi connectivity index (χ1) is 11.5. The third-order valence-electron chi connectivity index (χ3n) is 4.26. The maximum Gasteiger partial charge on any atom is 0.319 e. The summed E-state index contributed by atoms with van der Waals surface area (Å²) in [4.78, 5) is 14.5. The van der Waals surface area contributed by atoms with Gasteiger partial charge in [-0.05, 0) is 56.7 Å². The highest BCUT2D eigenvalue weighted by Crippen LogP contribution is 2.31. The van der Waals surface area contributed by atoms with E-state index in [4.69, 9.17) is 11.6 Å². The Morgan fingerprint density at radius 1 is 1.29 bits per heavy atom. The zero-order valence-electron chi connectivity index (χ0n) is 14.5. The molecule has 1 fully saturated rings. The van der Waals surface area contributed by atoms with Gasteiger partial charge in [0.05, 0.1) is 17.5 Å². The van der Waals surface area contributed by atoms with Gasteiger partial charge in [-0.15, -0.1) is 0 Å². The van der Waals surface area contributed by atoms with Crippen molar-refractivity contribution in [3.05, 3.63) is 23.2 Å². The number of carbonyl (C=O) groups excluding carboxylic acids is 1. The van der Waals surface area contributed by atoms with Crippen molar-refractivity contribution in [2.45, 2.75) is 45.6 Å². The highest BCUT2D eigenvalue weighted by molar-refractivity contribution is 6.31. The number of halogens is 1. The van der Waals surface area contributed by atoms with E-state index in [0.717, 1.165) is 24.5 Å². The van der Waals surface area contributed by atoms with Crippen LogP contribution in [-0.4, -0.2) is 36.9 Å². The number of aliphatic hydroxyl groups is 1. The number of nitrogens with one attached hydrogen (secondary N) is 2. The lowest BCUT2D eigenvalue weighted by molar-refractivity contribution is 0.163. The molecule has 3 N–H and O–H groups in total. The van der Waals surface area contributed by atoms with Crippen molar-refractivity contribution in [1.29, 1.82) is 0 Å². The van der Waals surface area contributed by atoms with E-state index in [9.17, 15) is 9.90 Å². The average Bonchev–Trinajstić information content (AvgIpc) is 2.53. The Bertz CT molecular complexity index is 545. The number of piperidine rings is 1. The molecule has 0 aliphatic carbocycles. The van der Waals surface area contributed by atoms with Gasteiger partial charge in [0.1, 0.15) is 0 Å². The lowest BCUT2D eigenvalue weighted by Crippen LogP contribution is -2.34. The van der Waals surface area contributed by atoms with E-state index in [1.165, 1.54) is 19.3 Å². The van der Waals surface area contributed by atoms with Gasteiger partial charge in [0, 0.05) is 24.7 Å². The van der Waals surface area contributed by atoms with Crippen LogP contribution in [0.2, 0.25) is 5.02 Å². The first kappa shape index (κ1) is 18.9. The fourth-order valence-corrected chi connectivity index (χ4v) is 3.29. The van der Waals surface area contributed by atoms with Crippen LogP contribution in [0.25, 0.3) is 0 Å². The fraction of sp³-hybridized carbons (Fsp3) is 0.611. The number of hydrogen-bond donors (Lipinski definition) is 3. The third kappa shape index (κ3) is 5.87. The fourth-order valence-electron chi connectivity index (χ4n) is 3.12. The van der Waals surface area contributed by atoms with E-state index in [1.807, 2.05) is 19.1 Å². The second-order valence-corrected chi connectivity index (χ2v) is 7.17. The lowest BCUT2D eigenvalue weighted by atomic mass is 10.1. The standard InChI is InChI=1S/C18H28ClN3O2/c1-13(10-14(2)23)12-20-18(24)21-16-11-15(19)6-7-17(16)22-8-4-3-5-9-22/h6-7,11,13-14,23H,3-5,8-10,12H2,1-2H3,(H2,20,21,24). The lowest BCUT2D eigenvalue weighted by Gasteiger charge is -2.30. The zero-order valence-corrected chi connectivity index (χ0v) is 15.3. The zero-order chi connectivity index (χ0) is 17.5. The molecule has 0 bridgehead atoms. The number of carbonyl (C=O) groups is 1. The predicted octanol–water partition coefficient (Wildman–Crippen LogP) is 3.86. The molecule has 24 heavy (non-hydrogen) atoms. The number of urea groups is 1. The van der Waals surface area contributed by atoms with Crippen LogP contribution in [0.1, 0.15) is 39.5 Å². The number of rotatable bonds is 6. The van der Waals surface area contributed by atoms with Gasteiger partial charge >= 0.3 is 6.03 Å². The minimum absolute atomic E-state index is 0.219. The van der Waals surface area contributed by atoms with Gasteiger partial charge in [-0.2, -0.15) is 0 Å². The van der Waals surface area contributed by atoms with Crippen molar-refractivity contribution < 1.29 is 9.90 Å². The molecule has 6 heteroatoms. The molecule has 1 saturated heterocycles. The normalized spacial score (nSPS) is 17.2. The number of anilines is 2. The Balaban J connectivity index is 1.97. The highest BCUT2D eigenvalue weighted by atomic mass is 35.5. The van der Waals surface area contributed by atoms with Crippen molar-refractivity contribution in [3.63, 3.8) is 0 Å². The first-order valence-electron chi connectivity index (χ1n) is 8.73. The summed E-state index contributed by atoms with van der Waals surface area (Å²) in [6.07, 6.45) is 3.91. The molecule has 0 spiro atoms. The topological polar surface area (TPSA) is 64.6 Å². The molecule has 2 atom stereocenters. The van der Waals surface area contributed by atoms with Crippen LogP contribution < -0.4 is 15.5 Å². The molecular formula is C18H28ClN3O2. The second kappa shape index (κ2) is 9.14.